The minimum absolute atomic E-state index is 0.0971. The second-order valence-corrected chi connectivity index (χ2v) is 8.81. The molecule has 3 heterocycles. The standard InChI is InChI=1S/C25H29N5O/c1-27(2)20-9-7-18(8-10-20)25(31)29-12-11-24-26-15-23(30(24)14-13-29)21-6-4-5-19-16-28(3)17-22(19)21/h4-10,15H,11-14,16-17H2,1-3H3. The molecule has 0 N–H and O–H groups in total. The first-order valence-electron chi connectivity index (χ1n) is 10.9. The highest BCUT2D eigenvalue weighted by Gasteiger charge is 2.25. The van der Waals surface area contributed by atoms with Gasteiger partial charge in [0.15, 0.2) is 0 Å². The van der Waals surface area contributed by atoms with Crippen molar-refractivity contribution in [1.29, 1.82) is 0 Å². The molecule has 0 radical (unpaired) electrons. The lowest BCUT2D eigenvalue weighted by molar-refractivity contribution is 0.0759. The third-order valence-electron chi connectivity index (χ3n) is 6.47. The molecular weight excluding hydrogens is 386 g/mol. The number of hydrogen-bond donors (Lipinski definition) is 0. The number of benzene rings is 2. The van der Waals surface area contributed by atoms with Crippen molar-refractivity contribution in [3.05, 3.63) is 71.2 Å². The van der Waals surface area contributed by atoms with Crippen molar-refractivity contribution < 1.29 is 4.79 Å². The Hall–Kier alpha value is -3.12. The number of amides is 1. The Morgan fingerprint density at radius 2 is 1.81 bits per heavy atom. The fourth-order valence-electron chi connectivity index (χ4n) is 4.76. The normalized spacial score (nSPS) is 16.0. The fourth-order valence-corrected chi connectivity index (χ4v) is 4.76. The zero-order chi connectivity index (χ0) is 21.5. The van der Waals surface area contributed by atoms with Crippen LogP contribution in [0.1, 0.15) is 27.3 Å². The number of carbonyl (C=O) groups excluding carboxylic acids is 1. The van der Waals surface area contributed by atoms with Gasteiger partial charge in [-0.15, -0.1) is 0 Å². The first kappa shape index (κ1) is 19.8. The Labute approximate surface area is 183 Å². The van der Waals surface area contributed by atoms with Crippen LogP contribution in [0.5, 0.6) is 0 Å². The topological polar surface area (TPSA) is 44.6 Å². The van der Waals surface area contributed by atoms with Gasteiger partial charge >= 0.3 is 0 Å². The highest BCUT2D eigenvalue weighted by molar-refractivity contribution is 5.94. The molecular formula is C25H29N5O. The van der Waals surface area contributed by atoms with Gasteiger partial charge in [0.1, 0.15) is 5.82 Å². The lowest BCUT2D eigenvalue weighted by atomic mass is 10.0. The lowest BCUT2D eigenvalue weighted by Gasteiger charge is -2.21. The van der Waals surface area contributed by atoms with Crippen molar-refractivity contribution in [2.24, 2.45) is 0 Å². The summed E-state index contributed by atoms with van der Waals surface area (Å²) >= 11 is 0. The SMILES string of the molecule is CN1Cc2cccc(-c3cnc4n3CCN(C(=O)c3ccc(N(C)C)cc3)CC4)c2C1. The Balaban J connectivity index is 1.37. The molecule has 31 heavy (non-hydrogen) atoms. The number of aromatic nitrogens is 2. The summed E-state index contributed by atoms with van der Waals surface area (Å²) in [4.78, 5) is 24.2. The van der Waals surface area contributed by atoms with E-state index in [-0.39, 0.29) is 5.91 Å². The summed E-state index contributed by atoms with van der Waals surface area (Å²) in [6.45, 7) is 4.13. The van der Waals surface area contributed by atoms with E-state index in [1.165, 1.54) is 22.4 Å². The van der Waals surface area contributed by atoms with Crippen LogP contribution in [0.2, 0.25) is 0 Å². The third-order valence-corrected chi connectivity index (χ3v) is 6.47. The summed E-state index contributed by atoms with van der Waals surface area (Å²) in [5.74, 6) is 1.16. The second kappa shape index (κ2) is 7.85. The second-order valence-electron chi connectivity index (χ2n) is 8.81. The average Bonchev–Trinajstić information content (AvgIpc) is 3.29. The molecule has 5 rings (SSSR count). The molecule has 0 unspecified atom stereocenters. The zero-order valence-electron chi connectivity index (χ0n) is 18.5. The molecule has 2 aliphatic heterocycles. The van der Waals surface area contributed by atoms with E-state index >= 15 is 0 Å². The quantitative estimate of drug-likeness (QED) is 0.659. The van der Waals surface area contributed by atoms with Gasteiger partial charge in [-0.1, -0.05) is 18.2 Å². The van der Waals surface area contributed by atoms with Gasteiger partial charge < -0.3 is 14.4 Å². The minimum atomic E-state index is 0.0971. The summed E-state index contributed by atoms with van der Waals surface area (Å²) < 4.78 is 2.32. The number of nitrogens with zero attached hydrogens (tertiary/aromatic N) is 5. The first-order chi connectivity index (χ1) is 15.0. The van der Waals surface area contributed by atoms with Crippen molar-refractivity contribution in [2.45, 2.75) is 26.1 Å². The highest BCUT2D eigenvalue weighted by Crippen LogP contribution is 2.33. The maximum absolute atomic E-state index is 13.1. The van der Waals surface area contributed by atoms with Crippen LogP contribution in [0.25, 0.3) is 11.3 Å². The fraction of sp³-hybridized carbons (Fsp3) is 0.360. The van der Waals surface area contributed by atoms with Crippen LogP contribution in [-0.2, 0) is 26.1 Å². The Bertz CT molecular complexity index is 1120. The molecule has 0 bridgehead atoms. The lowest BCUT2D eigenvalue weighted by Crippen LogP contribution is -2.33. The van der Waals surface area contributed by atoms with E-state index in [1.54, 1.807) is 0 Å². The molecule has 2 aliphatic rings. The molecule has 0 aliphatic carbocycles. The number of anilines is 1. The van der Waals surface area contributed by atoms with Gasteiger partial charge in [0, 0.05) is 70.1 Å². The molecule has 1 aromatic heterocycles. The molecule has 2 aromatic carbocycles. The molecule has 0 spiro atoms. The van der Waals surface area contributed by atoms with Gasteiger partial charge in [0.25, 0.3) is 5.91 Å². The zero-order valence-corrected chi connectivity index (χ0v) is 18.5. The van der Waals surface area contributed by atoms with Crippen LogP contribution < -0.4 is 4.90 Å². The van der Waals surface area contributed by atoms with Crippen LogP contribution >= 0.6 is 0 Å². The molecule has 160 valence electrons. The minimum Gasteiger partial charge on any atom is -0.378 e. The molecule has 1 amide bonds. The summed E-state index contributed by atoms with van der Waals surface area (Å²) in [5.41, 5.74) is 7.10. The van der Waals surface area contributed by atoms with Crippen LogP contribution in [0.3, 0.4) is 0 Å². The molecule has 3 aromatic rings. The predicted molar refractivity (Wildman–Crippen MR) is 123 cm³/mol. The summed E-state index contributed by atoms with van der Waals surface area (Å²) in [6.07, 6.45) is 2.79. The van der Waals surface area contributed by atoms with Crippen LogP contribution in [0, 0.1) is 0 Å². The number of rotatable bonds is 3. The maximum atomic E-state index is 13.1. The van der Waals surface area contributed by atoms with Crippen molar-refractivity contribution >= 4 is 11.6 Å². The molecule has 0 saturated heterocycles. The van der Waals surface area contributed by atoms with Crippen LogP contribution in [-0.4, -0.2) is 59.5 Å². The number of fused-ring (bicyclic) bond motifs is 2. The largest absolute Gasteiger partial charge is 0.378 e. The van der Waals surface area contributed by atoms with E-state index in [9.17, 15) is 4.79 Å². The van der Waals surface area contributed by atoms with E-state index in [0.717, 1.165) is 43.1 Å². The number of imidazole rings is 1. The average molecular weight is 416 g/mol. The van der Waals surface area contributed by atoms with Gasteiger partial charge in [0.05, 0.1) is 11.9 Å². The van der Waals surface area contributed by atoms with Gasteiger partial charge in [-0.2, -0.15) is 0 Å². The Morgan fingerprint density at radius 3 is 2.58 bits per heavy atom. The van der Waals surface area contributed by atoms with Crippen LogP contribution in [0.15, 0.2) is 48.7 Å². The first-order valence-corrected chi connectivity index (χ1v) is 10.9. The Morgan fingerprint density at radius 1 is 1.00 bits per heavy atom. The summed E-state index contributed by atoms with van der Waals surface area (Å²) in [6, 6.07) is 14.4. The third kappa shape index (κ3) is 3.61. The maximum Gasteiger partial charge on any atom is 0.253 e. The molecule has 0 saturated carbocycles. The van der Waals surface area contributed by atoms with E-state index in [1.807, 2.05) is 54.4 Å². The van der Waals surface area contributed by atoms with Crippen LogP contribution in [0.4, 0.5) is 5.69 Å². The van der Waals surface area contributed by atoms with Gasteiger partial charge in [0.2, 0.25) is 0 Å². The summed E-state index contributed by atoms with van der Waals surface area (Å²) in [5, 5.41) is 0. The smallest absolute Gasteiger partial charge is 0.253 e. The van der Waals surface area contributed by atoms with Gasteiger partial charge in [-0.3, -0.25) is 9.69 Å². The summed E-state index contributed by atoms with van der Waals surface area (Å²) in [7, 11) is 6.17. The van der Waals surface area contributed by atoms with Gasteiger partial charge in [-0.05, 0) is 42.4 Å². The molecule has 6 heteroatoms. The van der Waals surface area contributed by atoms with E-state index in [0.29, 0.717) is 13.1 Å². The van der Waals surface area contributed by atoms with Crippen molar-refractivity contribution in [1.82, 2.24) is 19.4 Å². The Kier molecular flexibility index (Phi) is 5.02. The van der Waals surface area contributed by atoms with Crippen molar-refractivity contribution in [3.63, 3.8) is 0 Å². The highest BCUT2D eigenvalue weighted by atomic mass is 16.2. The number of hydrogen-bond acceptors (Lipinski definition) is 4. The molecule has 0 fully saturated rings. The monoisotopic (exact) mass is 415 g/mol. The van der Waals surface area contributed by atoms with Crippen molar-refractivity contribution in [2.75, 3.05) is 39.1 Å². The predicted octanol–water partition coefficient (Wildman–Crippen LogP) is 3.26. The molecule has 0 atom stereocenters. The van der Waals surface area contributed by atoms with Gasteiger partial charge in [-0.25, -0.2) is 4.98 Å². The van der Waals surface area contributed by atoms with E-state index in [4.69, 9.17) is 4.98 Å². The van der Waals surface area contributed by atoms with E-state index in [2.05, 4.69) is 34.7 Å². The van der Waals surface area contributed by atoms with Crippen molar-refractivity contribution in [3.8, 4) is 11.3 Å². The number of carbonyl (C=O) groups is 1. The molecule has 6 nitrogen and oxygen atoms in total. The van der Waals surface area contributed by atoms with E-state index < -0.39 is 0 Å².